The number of carbonyl (C=O) groups is 1. The quantitative estimate of drug-likeness (QED) is 0.441. The molecule has 0 aliphatic carbocycles. The second-order valence-electron chi connectivity index (χ2n) is 4.28. The molecule has 0 heterocycles. The SMILES string of the molecule is CC(C)C(C=O)=CC(C)(C)C. The molecule has 0 amide bonds. The summed E-state index contributed by atoms with van der Waals surface area (Å²) in [7, 11) is 0. The highest BCUT2D eigenvalue weighted by Crippen LogP contribution is 2.20. The van der Waals surface area contributed by atoms with E-state index in [0.29, 0.717) is 5.92 Å². The van der Waals surface area contributed by atoms with Gasteiger partial charge in [-0.2, -0.15) is 0 Å². The molecule has 0 saturated carbocycles. The van der Waals surface area contributed by atoms with Crippen LogP contribution in [0.3, 0.4) is 0 Å². The zero-order valence-corrected chi connectivity index (χ0v) is 8.14. The molecule has 0 aromatic carbocycles. The summed E-state index contributed by atoms with van der Waals surface area (Å²) in [4.78, 5) is 10.6. The Bertz CT molecular complexity index is 158. The van der Waals surface area contributed by atoms with Gasteiger partial charge < -0.3 is 0 Å². The smallest absolute Gasteiger partial charge is 0.145 e. The molecule has 0 saturated heterocycles. The van der Waals surface area contributed by atoms with E-state index in [0.717, 1.165) is 11.9 Å². The van der Waals surface area contributed by atoms with Crippen molar-refractivity contribution in [1.82, 2.24) is 0 Å². The van der Waals surface area contributed by atoms with Gasteiger partial charge in [-0.05, 0) is 16.9 Å². The van der Waals surface area contributed by atoms with Gasteiger partial charge in [-0.1, -0.05) is 40.7 Å². The minimum Gasteiger partial charge on any atom is -0.298 e. The van der Waals surface area contributed by atoms with Gasteiger partial charge in [-0.3, -0.25) is 4.79 Å². The predicted octanol–water partition coefficient (Wildman–Crippen LogP) is 2.81. The molecule has 0 fully saturated rings. The topological polar surface area (TPSA) is 17.1 Å². The summed E-state index contributed by atoms with van der Waals surface area (Å²) in [6.07, 6.45) is 2.99. The van der Waals surface area contributed by atoms with Crippen LogP contribution in [0.2, 0.25) is 0 Å². The highest BCUT2D eigenvalue weighted by Gasteiger charge is 2.09. The summed E-state index contributed by atoms with van der Waals surface area (Å²) in [6, 6.07) is 0. The molecule has 0 unspecified atom stereocenters. The fraction of sp³-hybridized carbons (Fsp3) is 0.700. The van der Waals surface area contributed by atoms with Gasteiger partial charge in [0, 0.05) is 0 Å². The van der Waals surface area contributed by atoms with Crippen LogP contribution >= 0.6 is 0 Å². The Morgan fingerprint density at radius 3 is 1.82 bits per heavy atom. The third-order valence-electron chi connectivity index (χ3n) is 1.40. The van der Waals surface area contributed by atoms with Gasteiger partial charge >= 0.3 is 0 Å². The summed E-state index contributed by atoms with van der Waals surface area (Å²) in [6.45, 7) is 10.4. The monoisotopic (exact) mass is 154 g/mol. The van der Waals surface area contributed by atoms with Crippen molar-refractivity contribution in [2.24, 2.45) is 11.3 Å². The van der Waals surface area contributed by atoms with Gasteiger partial charge in [-0.15, -0.1) is 0 Å². The molecular formula is C10H18O. The van der Waals surface area contributed by atoms with Crippen molar-refractivity contribution in [3.8, 4) is 0 Å². The van der Waals surface area contributed by atoms with E-state index in [-0.39, 0.29) is 5.41 Å². The van der Waals surface area contributed by atoms with Gasteiger partial charge in [0.25, 0.3) is 0 Å². The molecule has 0 radical (unpaired) electrons. The highest BCUT2D eigenvalue weighted by atomic mass is 16.1. The van der Waals surface area contributed by atoms with Crippen LogP contribution in [-0.2, 0) is 4.79 Å². The molecule has 1 heteroatoms. The lowest BCUT2D eigenvalue weighted by Gasteiger charge is -2.15. The van der Waals surface area contributed by atoms with E-state index in [2.05, 4.69) is 20.8 Å². The summed E-state index contributed by atoms with van der Waals surface area (Å²) in [5, 5.41) is 0. The van der Waals surface area contributed by atoms with Gasteiger partial charge in [-0.25, -0.2) is 0 Å². The maximum absolute atomic E-state index is 10.6. The first-order chi connectivity index (χ1) is 4.87. The molecule has 0 aliphatic heterocycles. The van der Waals surface area contributed by atoms with Gasteiger partial charge in [0.2, 0.25) is 0 Å². The number of allylic oxidation sites excluding steroid dienone is 2. The molecular weight excluding hydrogens is 136 g/mol. The van der Waals surface area contributed by atoms with Crippen molar-refractivity contribution in [2.75, 3.05) is 0 Å². The average molecular weight is 154 g/mol. The molecule has 0 aromatic heterocycles. The third-order valence-corrected chi connectivity index (χ3v) is 1.40. The second kappa shape index (κ2) is 3.70. The summed E-state index contributed by atoms with van der Waals surface area (Å²) in [5.74, 6) is 0.340. The van der Waals surface area contributed by atoms with E-state index in [9.17, 15) is 4.79 Å². The summed E-state index contributed by atoms with van der Waals surface area (Å²) >= 11 is 0. The molecule has 0 atom stereocenters. The highest BCUT2D eigenvalue weighted by molar-refractivity contribution is 5.73. The number of rotatable bonds is 2. The Kier molecular flexibility index (Phi) is 3.50. The van der Waals surface area contributed by atoms with Crippen molar-refractivity contribution in [2.45, 2.75) is 34.6 Å². The van der Waals surface area contributed by atoms with Crippen molar-refractivity contribution in [3.05, 3.63) is 11.6 Å². The van der Waals surface area contributed by atoms with E-state index < -0.39 is 0 Å². The standard InChI is InChI=1S/C10H18O/c1-8(2)9(7-11)6-10(3,4)5/h6-8H,1-5H3. The Balaban J connectivity index is 4.49. The van der Waals surface area contributed by atoms with Crippen LogP contribution in [0.1, 0.15) is 34.6 Å². The molecule has 0 bridgehead atoms. The number of hydrogen-bond donors (Lipinski definition) is 0. The van der Waals surface area contributed by atoms with Gasteiger partial charge in [0.1, 0.15) is 6.29 Å². The molecule has 1 nitrogen and oxygen atoms in total. The van der Waals surface area contributed by atoms with E-state index in [1.165, 1.54) is 0 Å². The minimum atomic E-state index is 0.112. The van der Waals surface area contributed by atoms with Crippen LogP contribution in [0.25, 0.3) is 0 Å². The average Bonchev–Trinajstić information content (AvgIpc) is 1.80. The van der Waals surface area contributed by atoms with Crippen molar-refractivity contribution >= 4 is 6.29 Å². The predicted molar refractivity (Wildman–Crippen MR) is 48.4 cm³/mol. The first kappa shape index (κ1) is 10.4. The Morgan fingerprint density at radius 1 is 1.27 bits per heavy atom. The Labute approximate surface area is 69.5 Å². The molecule has 0 N–H and O–H groups in total. The molecule has 11 heavy (non-hydrogen) atoms. The van der Waals surface area contributed by atoms with Crippen LogP contribution in [-0.4, -0.2) is 6.29 Å². The fourth-order valence-corrected chi connectivity index (χ4v) is 0.837. The van der Waals surface area contributed by atoms with Crippen LogP contribution < -0.4 is 0 Å². The summed E-state index contributed by atoms with van der Waals surface area (Å²) < 4.78 is 0. The van der Waals surface area contributed by atoms with Crippen LogP contribution in [0.15, 0.2) is 11.6 Å². The third kappa shape index (κ3) is 4.77. The lowest BCUT2D eigenvalue weighted by molar-refractivity contribution is -0.105. The van der Waals surface area contributed by atoms with E-state index in [1.807, 2.05) is 19.9 Å². The molecule has 0 rings (SSSR count). The van der Waals surface area contributed by atoms with Crippen molar-refractivity contribution < 1.29 is 4.79 Å². The lowest BCUT2D eigenvalue weighted by atomic mass is 9.90. The van der Waals surface area contributed by atoms with E-state index in [4.69, 9.17) is 0 Å². The first-order valence-corrected chi connectivity index (χ1v) is 4.05. The maximum Gasteiger partial charge on any atom is 0.145 e. The zero-order valence-electron chi connectivity index (χ0n) is 8.14. The van der Waals surface area contributed by atoms with Crippen LogP contribution in [0.5, 0.6) is 0 Å². The maximum atomic E-state index is 10.6. The molecule has 0 aromatic rings. The van der Waals surface area contributed by atoms with Gasteiger partial charge in [0.15, 0.2) is 0 Å². The van der Waals surface area contributed by atoms with E-state index in [1.54, 1.807) is 0 Å². The zero-order chi connectivity index (χ0) is 9.07. The largest absolute Gasteiger partial charge is 0.298 e. The number of aldehydes is 1. The Hall–Kier alpha value is -0.590. The number of hydrogen-bond acceptors (Lipinski definition) is 1. The lowest BCUT2D eigenvalue weighted by Crippen LogP contribution is -2.05. The second-order valence-corrected chi connectivity index (χ2v) is 4.28. The van der Waals surface area contributed by atoms with Crippen LogP contribution in [0, 0.1) is 11.3 Å². The Morgan fingerprint density at radius 2 is 1.73 bits per heavy atom. The fourth-order valence-electron chi connectivity index (χ4n) is 0.837. The van der Waals surface area contributed by atoms with Gasteiger partial charge in [0.05, 0.1) is 0 Å². The normalized spacial score (nSPS) is 13.8. The summed E-state index contributed by atoms with van der Waals surface area (Å²) in [5.41, 5.74) is 1.01. The first-order valence-electron chi connectivity index (χ1n) is 4.05. The molecule has 0 spiro atoms. The van der Waals surface area contributed by atoms with Crippen LogP contribution in [0.4, 0.5) is 0 Å². The van der Waals surface area contributed by atoms with Crippen molar-refractivity contribution in [3.63, 3.8) is 0 Å². The van der Waals surface area contributed by atoms with Crippen molar-refractivity contribution in [1.29, 1.82) is 0 Å². The minimum absolute atomic E-state index is 0.112. The molecule has 64 valence electrons. The molecule has 0 aliphatic rings. The van der Waals surface area contributed by atoms with E-state index >= 15 is 0 Å². The number of carbonyl (C=O) groups excluding carboxylic acids is 1.